The van der Waals surface area contributed by atoms with Crippen LogP contribution in [0.25, 0.3) is 0 Å². The van der Waals surface area contributed by atoms with Gasteiger partial charge < -0.3 is 20.3 Å². The second kappa shape index (κ2) is 10.1. The van der Waals surface area contributed by atoms with E-state index in [0.717, 1.165) is 63.0 Å². The lowest BCUT2D eigenvalue weighted by Crippen LogP contribution is -2.45. The van der Waals surface area contributed by atoms with Crippen LogP contribution in [0.2, 0.25) is 0 Å². The van der Waals surface area contributed by atoms with E-state index >= 15 is 0 Å². The third kappa shape index (κ3) is 8.02. The summed E-state index contributed by atoms with van der Waals surface area (Å²) >= 11 is 0. The molecule has 0 amide bonds. The average Bonchev–Trinajstić information content (AvgIpc) is 3.32. The van der Waals surface area contributed by atoms with Gasteiger partial charge in [0.15, 0.2) is 5.96 Å². The van der Waals surface area contributed by atoms with Gasteiger partial charge in [0, 0.05) is 53.0 Å². The summed E-state index contributed by atoms with van der Waals surface area (Å²) < 4.78 is 5.65. The minimum absolute atomic E-state index is 0.826. The van der Waals surface area contributed by atoms with Crippen LogP contribution in [0.5, 0.6) is 0 Å². The standard InChI is InChI=1S/C18H36N4O/c1-15-11-16(2)13-22(12-15)9-8-21-18(19-3)20-7-4-10-23-14-17-5-6-17/h15-17H,4-14H2,1-3H3,(H2,19,20,21). The molecule has 0 aromatic heterocycles. The van der Waals surface area contributed by atoms with Gasteiger partial charge in [0.2, 0.25) is 0 Å². The van der Waals surface area contributed by atoms with Crippen LogP contribution in [-0.2, 0) is 4.74 Å². The number of ether oxygens (including phenoxy) is 1. The van der Waals surface area contributed by atoms with Crippen molar-refractivity contribution in [2.45, 2.75) is 39.5 Å². The fourth-order valence-electron chi connectivity index (χ4n) is 3.44. The zero-order valence-electron chi connectivity index (χ0n) is 15.3. The zero-order chi connectivity index (χ0) is 16.5. The maximum absolute atomic E-state index is 5.65. The molecule has 2 fully saturated rings. The molecule has 0 radical (unpaired) electrons. The number of nitrogens with one attached hydrogen (secondary N) is 2. The van der Waals surface area contributed by atoms with Gasteiger partial charge in [-0.25, -0.2) is 0 Å². The predicted octanol–water partition coefficient (Wildman–Crippen LogP) is 1.95. The van der Waals surface area contributed by atoms with Gasteiger partial charge >= 0.3 is 0 Å². The summed E-state index contributed by atoms with van der Waals surface area (Å²) in [7, 11) is 1.84. The highest BCUT2D eigenvalue weighted by atomic mass is 16.5. The van der Waals surface area contributed by atoms with E-state index in [0.29, 0.717) is 0 Å². The largest absolute Gasteiger partial charge is 0.381 e. The Bertz CT molecular complexity index is 347. The molecule has 5 nitrogen and oxygen atoms in total. The van der Waals surface area contributed by atoms with Gasteiger partial charge in [-0.2, -0.15) is 0 Å². The van der Waals surface area contributed by atoms with E-state index in [1.54, 1.807) is 0 Å². The first-order chi connectivity index (χ1) is 11.2. The van der Waals surface area contributed by atoms with Crippen molar-refractivity contribution in [3.8, 4) is 0 Å². The van der Waals surface area contributed by atoms with E-state index in [9.17, 15) is 0 Å². The molecule has 0 aromatic carbocycles. The molecular weight excluding hydrogens is 288 g/mol. The van der Waals surface area contributed by atoms with Crippen LogP contribution in [0.3, 0.4) is 0 Å². The highest BCUT2D eigenvalue weighted by Crippen LogP contribution is 2.28. The Morgan fingerprint density at radius 3 is 2.48 bits per heavy atom. The summed E-state index contributed by atoms with van der Waals surface area (Å²) in [6, 6.07) is 0. The quantitative estimate of drug-likeness (QED) is 0.387. The summed E-state index contributed by atoms with van der Waals surface area (Å²) in [5.41, 5.74) is 0. The smallest absolute Gasteiger partial charge is 0.191 e. The van der Waals surface area contributed by atoms with Gasteiger partial charge in [0.1, 0.15) is 0 Å². The van der Waals surface area contributed by atoms with Crippen LogP contribution < -0.4 is 10.6 Å². The molecule has 1 saturated carbocycles. The monoisotopic (exact) mass is 324 g/mol. The maximum Gasteiger partial charge on any atom is 0.191 e. The summed E-state index contributed by atoms with van der Waals surface area (Å²) in [4.78, 5) is 6.87. The number of nitrogens with zero attached hydrogens (tertiary/aromatic N) is 2. The minimum Gasteiger partial charge on any atom is -0.381 e. The summed E-state index contributed by atoms with van der Waals surface area (Å²) in [5, 5.41) is 6.79. The number of rotatable bonds is 9. The maximum atomic E-state index is 5.65. The van der Waals surface area contributed by atoms with E-state index in [1.165, 1.54) is 32.4 Å². The first-order valence-electron chi connectivity index (χ1n) is 9.42. The summed E-state index contributed by atoms with van der Waals surface area (Å²) in [6.07, 6.45) is 5.14. The molecule has 134 valence electrons. The van der Waals surface area contributed by atoms with E-state index in [2.05, 4.69) is 34.4 Å². The number of hydrogen-bond acceptors (Lipinski definition) is 3. The molecule has 2 rings (SSSR count). The van der Waals surface area contributed by atoms with E-state index in [1.807, 2.05) is 7.05 Å². The second-order valence-corrected chi connectivity index (χ2v) is 7.50. The molecule has 2 N–H and O–H groups in total. The lowest BCUT2D eigenvalue weighted by atomic mass is 9.92. The van der Waals surface area contributed by atoms with Crippen molar-refractivity contribution < 1.29 is 4.74 Å². The van der Waals surface area contributed by atoms with Crippen molar-refractivity contribution in [1.82, 2.24) is 15.5 Å². The highest BCUT2D eigenvalue weighted by Gasteiger charge is 2.21. The van der Waals surface area contributed by atoms with Crippen LogP contribution in [0.4, 0.5) is 0 Å². The van der Waals surface area contributed by atoms with Crippen LogP contribution in [0, 0.1) is 17.8 Å². The number of aliphatic imine (C=N–C) groups is 1. The van der Waals surface area contributed by atoms with Crippen LogP contribution >= 0.6 is 0 Å². The van der Waals surface area contributed by atoms with Gasteiger partial charge in [-0.15, -0.1) is 0 Å². The molecule has 1 saturated heterocycles. The number of hydrogen-bond donors (Lipinski definition) is 2. The second-order valence-electron chi connectivity index (χ2n) is 7.50. The Hall–Kier alpha value is -0.810. The molecule has 2 unspecified atom stereocenters. The summed E-state index contributed by atoms with van der Waals surface area (Å²) in [6.45, 7) is 12.0. The van der Waals surface area contributed by atoms with E-state index in [-0.39, 0.29) is 0 Å². The van der Waals surface area contributed by atoms with Gasteiger partial charge in [-0.05, 0) is 43.4 Å². The van der Waals surface area contributed by atoms with Crippen LogP contribution in [-0.4, -0.2) is 63.8 Å². The first kappa shape index (κ1) is 18.5. The van der Waals surface area contributed by atoms with Crippen molar-refractivity contribution in [2.24, 2.45) is 22.7 Å². The topological polar surface area (TPSA) is 48.9 Å². The lowest BCUT2D eigenvalue weighted by molar-refractivity contribution is 0.123. The molecule has 2 aliphatic rings. The lowest BCUT2D eigenvalue weighted by Gasteiger charge is -2.35. The molecule has 2 atom stereocenters. The van der Waals surface area contributed by atoms with E-state index in [4.69, 9.17) is 4.74 Å². The van der Waals surface area contributed by atoms with Crippen molar-refractivity contribution >= 4 is 5.96 Å². The van der Waals surface area contributed by atoms with Crippen LogP contribution in [0.1, 0.15) is 39.5 Å². The number of likely N-dealkylation sites (tertiary alicyclic amines) is 1. The Labute approximate surface area is 142 Å². The molecule has 5 heteroatoms. The van der Waals surface area contributed by atoms with Crippen LogP contribution in [0.15, 0.2) is 4.99 Å². The molecule has 0 spiro atoms. The zero-order valence-corrected chi connectivity index (χ0v) is 15.3. The molecular formula is C18H36N4O. The van der Waals surface area contributed by atoms with Gasteiger partial charge in [-0.1, -0.05) is 13.8 Å². The van der Waals surface area contributed by atoms with Crippen molar-refractivity contribution in [3.05, 3.63) is 0 Å². The van der Waals surface area contributed by atoms with E-state index < -0.39 is 0 Å². The normalized spacial score (nSPS) is 26.3. The Kier molecular flexibility index (Phi) is 8.17. The third-order valence-electron chi connectivity index (χ3n) is 4.70. The molecule has 1 aliphatic heterocycles. The fraction of sp³-hybridized carbons (Fsp3) is 0.944. The van der Waals surface area contributed by atoms with Gasteiger partial charge in [0.05, 0.1) is 0 Å². The van der Waals surface area contributed by atoms with Crippen molar-refractivity contribution in [3.63, 3.8) is 0 Å². The van der Waals surface area contributed by atoms with Crippen molar-refractivity contribution in [1.29, 1.82) is 0 Å². The summed E-state index contributed by atoms with van der Waals surface area (Å²) in [5.74, 6) is 3.42. The van der Waals surface area contributed by atoms with Gasteiger partial charge in [-0.3, -0.25) is 4.99 Å². The molecule has 0 bridgehead atoms. The molecule has 1 heterocycles. The highest BCUT2D eigenvalue weighted by molar-refractivity contribution is 5.79. The Balaban J connectivity index is 1.48. The fourth-order valence-corrected chi connectivity index (χ4v) is 3.44. The SMILES string of the molecule is CN=C(NCCCOCC1CC1)NCCN1CC(C)CC(C)C1. The first-order valence-corrected chi connectivity index (χ1v) is 9.42. The predicted molar refractivity (Wildman–Crippen MR) is 96.9 cm³/mol. The third-order valence-corrected chi connectivity index (χ3v) is 4.70. The number of guanidine groups is 1. The number of piperidine rings is 1. The molecule has 23 heavy (non-hydrogen) atoms. The Morgan fingerprint density at radius 1 is 1.13 bits per heavy atom. The molecule has 1 aliphatic carbocycles. The van der Waals surface area contributed by atoms with Gasteiger partial charge in [0.25, 0.3) is 0 Å². The molecule has 0 aromatic rings. The van der Waals surface area contributed by atoms with Crippen molar-refractivity contribution in [2.75, 3.05) is 53.0 Å². The average molecular weight is 325 g/mol. The minimum atomic E-state index is 0.826. The Morgan fingerprint density at radius 2 is 1.83 bits per heavy atom.